The van der Waals surface area contributed by atoms with E-state index in [0.717, 1.165) is 19.3 Å². The lowest BCUT2D eigenvalue weighted by Gasteiger charge is -2.17. The third-order valence-electron chi connectivity index (χ3n) is 2.61. The minimum Gasteiger partial charge on any atom is -0.772 e. The maximum absolute atomic E-state index is 10.7. The monoisotopic (exact) mass is 219 g/mol. The van der Waals surface area contributed by atoms with Gasteiger partial charge in [0.2, 0.25) is 0 Å². The van der Waals surface area contributed by atoms with E-state index in [2.05, 4.69) is 6.92 Å². The zero-order valence-corrected chi connectivity index (χ0v) is 10.3. The molecule has 0 aromatic rings. The molecule has 0 aliphatic rings. The molecule has 0 fully saturated rings. The van der Waals surface area contributed by atoms with Crippen LogP contribution in [0, 0.1) is 0 Å². The minimum atomic E-state index is -1.86. The summed E-state index contributed by atoms with van der Waals surface area (Å²) in [5.41, 5.74) is 0. The van der Waals surface area contributed by atoms with E-state index in [1.54, 1.807) is 0 Å². The fourth-order valence-electron chi connectivity index (χ4n) is 1.59. The van der Waals surface area contributed by atoms with Crippen molar-refractivity contribution in [3.8, 4) is 0 Å². The first-order chi connectivity index (χ1) is 6.72. The first-order valence-electron chi connectivity index (χ1n) is 5.80. The lowest BCUT2D eigenvalue weighted by atomic mass is 10.1. The molecule has 0 amide bonds. The van der Waals surface area contributed by atoms with Crippen LogP contribution in [0.1, 0.15) is 65.2 Å². The van der Waals surface area contributed by atoms with Crippen molar-refractivity contribution < 1.29 is 8.76 Å². The van der Waals surface area contributed by atoms with Gasteiger partial charge in [-0.1, -0.05) is 63.5 Å². The van der Waals surface area contributed by atoms with Gasteiger partial charge in [0.1, 0.15) is 0 Å². The van der Waals surface area contributed by atoms with Gasteiger partial charge in [-0.05, 0) is 12.8 Å². The van der Waals surface area contributed by atoms with Crippen LogP contribution in [-0.4, -0.2) is 14.0 Å². The lowest BCUT2D eigenvalue weighted by molar-refractivity contribution is 0.501. The molecule has 0 bridgehead atoms. The minimum absolute atomic E-state index is 0.110. The van der Waals surface area contributed by atoms with Crippen LogP contribution in [0.15, 0.2) is 0 Å². The van der Waals surface area contributed by atoms with Gasteiger partial charge in [0.15, 0.2) is 0 Å². The molecule has 0 spiro atoms. The second kappa shape index (κ2) is 9.66. The molecule has 0 aromatic heterocycles. The van der Waals surface area contributed by atoms with E-state index in [1.165, 1.54) is 32.1 Å². The third kappa shape index (κ3) is 7.51. The lowest BCUT2D eigenvalue weighted by Crippen LogP contribution is -2.13. The fourth-order valence-corrected chi connectivity index (χ4v) is 2.22. The molecule has 0 aliphatic carbocycles. The standard InChI is InChI=1S/C11H24O2S/c1-3-5-6-7-8-9-10-11(4-2)14(12)13/h11H,3-10H2,1-2H3,(H,12,13)/p-1. The molecule has 0 rings (SSSR count). The first-order valence-corrected chi connectivity index (χ1v) is 6.94. The van der Waals surface area contributed by atoms with E-state index in [0.29, 0.717) is 0 Å². The molecule has 0 saturated heterocycles. The second-order valence-corrected chi connectivity index (χ2v) is 5.03. The molecule has 2 unspecified atom stereocenters. The molecule has 3 heteroatoms. The highest BCUT2D eigenvalue weighted by molar-refractivity contribution is 7.79. The van der Waals surface area contributed by atoms with Gasteiger partial charge in [-0.25, -0.2) is 0 Å². The highest BCUT2D eigenvalue weighted by Crippen LogP contribution is 2.12. The normalized spacial score (nSPS) is 15.4. The molecule has 0 aliphatic heterocycles. The van der Waals surface area contributed by atoms with Crippen LogP contribution >= 0.6 is 0 Å². The van der Waals surface area contributed by atoms with Gasteiger partial charge in [0.05, 0.1) is 0 Å². The predicted molar refractivity (Wildman–Crippen MR) is 61.0 cm³/mol. The summed E-state index contributed by atoms with van der Waals surface area (Å²) in [6.45, 7) is 4.14. The Balaban J connectivity index is 3.29. The summed E-state index contributed by atoms with van der Waals surface area (Å²) in [5.74, 6) is 0. The van der Waals surface area contributed by atoms with Crippen LogP contribution in [0.3, 0.4) is 0 Å². The maximum atomic E-state index is 10.7. The first kappa shape index (κ1) is 14.1. The summed E-state index contributed by atoms with van der Waals surface area (Å²) in [7, 11) is 0. The highest BCUT2D eigenvalue weighted by Gasteiger charge is 2.05. The Hall–Kier alpha value is 0.110. The van der Waals surface area contributed by atoms with Crippen molar-refractivity contribution in [2.75, 3.05) is 0 Å². The average Bonchev–Trinajstić information content (AvgIpc) is 2.16. The summed E-state index contributed by atoms with van der Waals surface area (Å²) in [5, 5.41) is -0.110. The maximum Gasteiger partial charge on any atom is 0.0213 e. The molecule has 2 atom stereocenters. The van der Waals surface area contributed by atoms with Crippen molar-refractivity contribution in [2.45, 2.75) is 70.5 Å². The molecule has 0 radical (unpaired) electrons. The Kier molecular flexibility index (Phi) is 9.73. The van der Waals surface area contributed by atoms with Crippen LogP contribution in [0.4, 0.5) is 0 Å². The summed E-state index contributed by atoms with van der Waals surface area (Å²) < 4.78 is 21.4. The smallest absolute Gasteiger partial charge is 0.0213 e. The molecule has 2 nitrogen and oxygen atoms in total. The fraction of sp³-hybridized carbons (Fsp3) is 1.00. The molecule has 0 heterocycles. The molecular weight excluding hydrogens is 196 g/mol. The van der Waals surface area contributed by atoms with Gasteiger partial charge < -0.3 is 4.55 Å². The highest BCUT2D eigenvalue weighted by atomic mass is 32.2. The van der Waals surface area contributed by atoms with Gasteiger partial charge in [-0.2, -0.15) is 0 Å². The SMILES string of the molecule is CCCCCCCCC(CC)S(=O)[O-]. The zero-order chi connectivity index (χ0) is 10.8. The molecule has 0 saturated carbocycles. The van der Waals surface area contributed by atoms with Crippen LogP contribution < -0.4 is 0 Å². The van der Waals surface area contributed by atoms with Crippen molar-refractivity contribution in [1.29, 1.82) is 0 Å². The van der Waals surface area contributed by atoms with Crippen molar-refractivity contribution in [1.82, 2.24) is 0 Å². The Morgan fingerprint density at radius 3 is 2.14 bits per heavy atom. The molecule has 86 valence electrons. The van der Waals surface area contributed by atoms with Gasteiger partial charge in [0.25, 0.3) is 0 Å². The Labute approximate surface area is 90.8 Å². The number of hydrogen-bond donors (Lipinski definition) is 0. The topological polar surface area (TPSA) is 40.1 Å². The van der Waals surface area contributed by atoms with Gasteiger partial charge in [0, 0.05) is 5.25 Å². The van der Waals surface area contributed by atoms with Crippen molar-refractivity contribution >= 4 is 11.1 Å². The summed E-state index contributed by atoms with van der Waals surface area (Å²) in [6, 6.07) is 0. The van der Waals surface area contributed by atoms with Crippen molar-refractivity contribution in [3.63, 3.8) is 0 Å². The Morgan fingerprint density at radius 2 is 1.64 bits per heavy atom. The quantitative estimate of drug-likeness (QED) is 0.440. The van der Waals surface area contributed by atoms with E-state index in [1.807, 2.05) is 6.92 Å². The molecule has 0 N–H and O–H groups in total. The van der Waals surface area contributed by atoms with E-state index in [4.69, 9.17) is 0 Å². The predicted octanol–water partition coefficient (Wildman–Crippen LogP) is 3.39. The number of rotatable bonds is 9. The van der Waals surface area contributed by atoms with E-state index in [-0.39, 0.29) is 5.25 Å². The molecular formula is C11H23O2S-. The van der Waals surface area contributed by atoms with E-state index >= 15 is 0 Å². The number of unbranched alkanes of at least 4 members (excludes halogenated alkanes) is 5. The van der Waals surface area contributed by atoms with Gasteiger partial charge in [-0.15, -0.1) is 0 Å². The Morgan fingerprint density at radius 1 is 1.07 bits per heavy atom. The average molecular weight is 219 g/mol. The van der Waals surface area contributed by atoms with Crippen LogP contribution in [-0.2, 0) is 11.1 Å². The van der Waals surface area contributed by atoms with Gasteiger partial charge in [-0.3, -0.25) is 4.21 Å². The molecule has 0 aromatic carbocycles. The van der Waals surface area contributed by atoms with Crippen LogP contribution in [0.2, 0.25) is 0 Å². The summed E-state index contributed by atoms with van der Waals surface area (Å²) >= 11 is -1.86. The van der Waals surface area contributed by atoms with Crippen molar-refractivity contribution in [3.05, 3.63) is 0 Å². The third-order valence-corrected chi connectivity index (χ3v) is 3.72. The Bertz CT molecular complexity index is 148. The van der Waals surface area contributed by atoms with E-state index in [9.17, 15) is 8.76 Å². The number of hydrogen-bond acceptors (Lipinski definition) is 2. The van der Waals surface area contributed by atoms with E-state index < -0.39 is 11.1 Å². The van der Waals surface area contributed by atoms with Crippen LogP contribution in [0.5, 0.6) is 0 Å². The van der Waals surface area contributed by atoms with Crippen LogP contribution in [0.25, 0.3) is 0 Å². The summed E-state index contributed by atoms with van der Waals surface area (Å²) in [6.07, 6.45) is 8.99. The largest absolute Gasteiger partial charge is 0.772 e. The zero-order valence-electron chi connectivity index (χ0n) is 9.46. The molecule has 14 heavy (non-hydrogen) atoms. The van der Waals surface area contributed by atoms with Gasteiger partial charge >= 0.3 is 0 Å². The second-order valence-electron chi connectivity index (χ2n) is 3.85. The summed E-state index contributed by atoms with van der Waals surface area (Å²) in [4.78, 5) is 0. The van der Waals surface area contributed by atoms with Crippen molar-refractivity contribution in [2.24, 2.45) is 0 Å².